The van der Waals surface area contributed by atoms with Gasteiger partial charge in [0.25, 0.3) is 5.91 Å². The first-order valence-corrected chi connectivity index (χ1v) is 7.39. The summed E-state index contributed by atoms with van der Waals surface area (Å²) in [4.78, 5) is 40.4. The lowest BCUT2D eigenvalue weighted by molar-refractivity contribution is -0.137. The summed E-state index contributed by atoms with van der Waals surface area (Å²) in [6, 6.07) is 2.22. The Kier molecular flexibility index (Phi) is 5.32. The van der Waals surface area contributed by atoms with Gasteiger partial charge in [-0.1, -0.05) is 6.92 Å². The fraction of sp³-hybridized carbons (Fsp3) is 0.533. The molecule has 0 saturated carbocycles. The van der Waals surface area contributed by atoms with Crippen molar-refractivity contribution in [1.82, 2.24) is 15.2 Å². The summed E-state index contributed by atoms with van der Waals surface area (Å²) in [6.45, 7) is 5.65. The van der Waals surface area contributed by atoms with E-state index in [4.69, 9.17) is 4.74 Å². The monoisotopic (exact) mass is 307 g/mol. The van der Waals surface area contributed by atoms with Gasteiger partial charge in [0.15, 0.2) is 0 Å². The van der Waals surface area contributed by atoms with Gasteiger partial charge < -0.3 is 19.9 Å². The second-order valence-electron chi connectivity index (χ2n) is 5.29. The predicted octanol–water partition coefficient (Wildman–Crippen LogP) is 0.0505. The number of ether oxygens (including phenoxy) is 1. The minimum Gasteiger partial charge on any atom is -0.378 e. The van der Waals surface area contributed by atoms with Crippen LogP contribution in [0, 0.1) is 6.92 Å². The Morgan fingerprint density at radius 1 is 1.36 bits per heavy atom. The zero-order valence-corrected chi connectivity index (χ0v) is 12.8. The third kappa shape index (κ3) is 3.94. The third-order valence-corrected chi connectivity index (χ3v) is 3.58. The molecule has 1 aromatic rings. The summed E-state index contributed by atoms with van der Waals surface area (Å²) >= 11 is 0. The lowest BCUT2D eigenvalue weighted by atomic mass is 10.1. The van der Waals surface area contributed by atoms with Crippen LogP contribution in [0.3, 0.4) is 0 Å². The van der Waals surface area contributed by atoms with Crippen LogP contribution in [0.15, 0.2) is 16.9 Å². The molecule has 1 fully saturated rings. The molecule has 1 aliphatic rings. The highest BCUT2D eigenvalue weighted by atomic mass is 16.5. The number of aromatic nitrogens is 1. The third-order valence-electron chi connectivity index (χ3n) is 3.58. The Bertz CT molecular complexity index is 605. The highest BCUT2D eigenvalue weighted by Gasteiger charge is 2.26. The van der Waals surface area contributed by atoms with E-state index in [9.17, 15) is 14.4 Å². The number of amides is 2. The average molecular weight is 307 g/mol. The second kappa shape index (κ2) is 7.22. The number of morpholine rings is 1. The van der Waals surface area contributed by atoms with Crippen molar-refractivity contribution < 1.29 is 14.3 Å². The Morgan fingerprint density at radius 3 is 2.64 bits per heavy atom. The van der Waals surface area contributed by atoms with Crippen LogP contribution in [0.5, 0.6) is 0 Å². The van der Waals surface area contributed by atoms with E-state index >= 15 is 0 Å². The van der Waals surface area contributed by atoms with E-state index in [0.717, 1.165) is 0 Å². The molecule has 0 spiro atoms. The van der Waals surface area contributed by atoms with E-state index in [2.05, 4.69) is 10.3 Å². The minimum atomic E-state index is -0.592. The van der Waals surface area contributed by atoms with Crippen molar-refractivity contribution >= 4 is 11.8 Å². The molecule has 1 aliphatic heterocycles. The number of H-pyrrole nitrogens is 1. The number of hydrogen-bond acceptors (Lipinski definition) is 4. The maximum atomic E-state index is 12.4. The zero-order valence-electron chi connectivity index (χ0n) is 12.8. The zero-order chi connectivity index (χ0) is 16.1. The fourth-order valence-electron chi connectivity index (χ4n) is 2.40. The van der Waals surface area contributed by atoms with E-state index in [1.54, 1.807) is 17.9 Å². The number of pyridine rings is 1. The largest absolute Gasteiger partial charge is 0.378 e. The summed E-state index contributed by atoms with van der Waals surface area (Å²) < 4.78 is 5.22. The molecule has 1 atom stereocenters. The average Bonchev–Trinajstić information content (AvgIpc) is 2.51. The van der Waals surface area contributed by atoms with Crippen molar-refractivity contribution in [2.24, 2.45) is 0 Å². The van der Waals surface area contributed by atoms with Crippen LogP contribution in [-0.4, -0.2) is 54.0 Å². The van der Waals surface area contributed by atoms with E-state index in [0.29, 0.717) is 38.4 Å². The van der Waals surface area contributed by atoms with Gasteiger partial charge in [-0.3, -0.25) is 14.4 Å². The molecule has 7 heteroatoms. The van der Waals surface area contributed by atoms with Crippen LogP contribution < -0.4 is 10.9 Å². The molecule has 0 bridgehead atoms. The van der Waals surface area contributed by atoms with E-state index < -0.39 is 11.9 Å². The summed E-state index contributed by atoms with van der Waals surface area (Å²) in [6.07, 6.45) is 0.490. The molecule has 0 radical (unpaired) electrons. The molecule has 0 aromatic carbocycles. The molecule has 2 rings (SSSR count). The molecular formula is C15H21N3O4. The quantitative estimate of drug-likeness (QED) is 0.822. The molecule has 1 aromatic heterocycles. The summed E-state index contributed by atoms with van der Waals surface area (Å²) in [5.74, 6) is -0.525. The molecule has 22 heavy (non-hydrogen) atoms. The lowest BCUT2D eigenvalue weighted by Gasteiger charge is -2.30. The topological polar surface area (TPSA) is 91.5 Å². The second-order valence-corrected chi connectivity index (χ2v) is 5.29. The van der Waals surface area contributed by atoms with E-state index in [-0.39, 0.29) is 17.0 Å². The number of carbonyl (C=O) groups is 2. The van der Waals surface area contributed by atoms with Crippen LogP contribution in [0.1, 0.15) is 29.4 Å². The summed E-state index contributed by atoms with van der Waals surface area (Å²) in [5.41, 5.74) is 0.525. The molecule has 120 valence electrons. The van der Waals surface area contributed by atoms with Gasteiger partial charge in [0.2, 0.25) is 11.5 Å². The van der Waals surface area contributed by atoms with Gasteiger partial charge in [0, 0.05) is 30.4 Å². The maximum absolute atomic E-state index is 12.4. The smallest absolute Gasteiger partial charge is 0.252 e. The number of rotatable bonds is 4. The molecule has 2 heterocycles. The Labute approximate surface area is 128 Å². The van der Waals surface area contributed by atoms with Crippen molar-refractivity contribution in [3.63, 3.8) is 0 Å². The SMILES string of the molecule is CCC(NC(=O)c1cc(C)[nH]c(=O)c1)C(=O)N1CCOCC1. The molecule has 2 N–H and O–H groups in total. The number of carbonyl (C=O) groups excluding carboxylic acids is 2. The molecular weight excluding hydrogens is 286 g/mol. The number of aryl methyl sites for hydroxylation is 1. The molecule has 1 unspecified atom stereocenters. The normalized spacial score (nSPS) is 16.2. The maximum Gasteiger partial charge on any atom is 0.252 e. The number of nitrogens with zero attached hydrogens (tertiary/aromatic N) is 1. The van der Waals surface area contributed by atoms with Crippen LogP contribution in [0.4, 0.5) is 0 Å². The minimum absolute atomic E-state index is 0.110. The van der Waals surface area contributed by atoms with Gasteiger partial charge in [-0.05, 0) is 19.4 Å². The first-order valence-electron chi connectivity index (χ1n) is 7.39. The van der Waals surface area contributed by atoms with Crippen LogP contribution in [0.25, 0.3) is 0 Å². The lowest BCUT2D eigenvalue weighted by Crippen LogP contribution is -2.51. The van der Waals surface area contributed by atoms with Gasteiger partial charge in [0.1, 0.15) is 6.04 Å². The first-order chi connectivity index (χ1) is 10.5. The number of aromatic amines is 1. The highest BCUT2D eigenvalue weighted by Crippen LogP contribution is 2.05. The first kappa shape index (κ1) is 16.2. The molecule has 1 saturated heterocycles. The predicted molar refractivity (Wildman–Crippen MR) is 80.7 cm³/mol. The molecule has 0 aliphatic carbocycles. The van der Waals surface area contributed by atoms with Crippen molar-refractivity contribution in [3.05, 3.63) is 33.7 Å². The van der Waals surface area contributed by atoms with Gasteiger partial charge in [0.05, 0.1) is 13.2 Å². The van der Waals surface area contributed by atoms with Crippen LogP contribution >= 0.6 is 0 Å². The fourth-order valence-corrected chi connectivity index (χ4v) is 2.40. The number of hydrogen-bond donors (Lipinski definition) is 2. The Balaban J connectivity index is 2.06. The van der Waals surface area contributed by atoms with Gasteiger partial charge in [-0.2, -0.15) is 0 Å². The van der Waals surface area contributed by atoms with Crippen molar-refractivity contribution in [1.29, 1.82) is 0 Å². The van der Waals surface area contributed by atoms with Gasteiger partial charge in [-0.25, -0.2) is 0 Å². The molecule has 2 amide bonds. The Hall–Kier alpha value is -2.15. The van der Waals surface area contributed by atoms with Crippen LogP contribution in [0.2, 0.25) is 0 Å². The van der Waals surface area contributed by atoms with E-state index in [1.165, 1.54) is 6.07 Å². The van der Waals surface area contributed by atoms with Crippen LogP contribution in [-0.2, 0) is 9.53 Å². The number of nitrogens with one attached hydrogen (secondary N) is 2. The highest BCUT2D eigenvalue weighted by molar-refractivity contribution is 5.97. The van der Waals surface area contributed by atoms with Crippen molar-refractivity contribution in [3.8, 4) is 0 Å². The summed E-state index contributed by atoms with van der Waals surface area (Å²) in [5, 5.41) is 2.71. The summed E-state index contributed by atoms with van der Waals surface area (Å²) in [7, 11) is 0. The van der Waals surface area contributed by atoms with Crippen molar-refractivity contribution in [2.75, 3.05) is 26.3 Å². The van der Waals surface area contributed by atoms with E-state index in [1.807, 2.05) is 6.92 Å². The Morgan fingerprint density at radius 2 is 2.05 bits per heavy atom. The van der Waals surface area contributed by atoms with Crippen molar-refractivity contribution in [2.45, 2.75) is 26.3 Å². The van der Waals surface area contributed by atoms with Gasteiger partial charge >= 0.3 is 0 Å². The van der Waals surface area contributed by atoms with Gasteiger partial charge in [-0.15, -0.1) is 0 Å². The molecule has 7 nitrogen and oxygen atoms in total. The standard InChI is InChI=1S/C15H21N3O4/c1-3-12(15(21)18-4-6-22-7-5-18)17-14(20)11-8-10(2)16-13(19)9-11/h8-9,12H,3-7H2,1-2H3,(H,16,19)(H,17,20).